The summed E-state index contributed by atoms with van der Waals surface area (Å²) in [6.45, 7) is 0. The van der Waals surface area contributed by atoms with Gasteiger partial charge in [-0.05, 0) is 35.6 Å². The minimum atomic E-state index is -0.802. The van der Waals surface area contributed by atoms with E-state index in [4.69, 9.17) is 0 Å². The quantitative estimate of drug-likeness (QED) is 0.854. The number of Topliss-reactive ketones (excluding diaryl/α,β-unsaturated/α-hetero) is 1. The van der Waals surface area contributed by atoms with Gasteiger partial charge >= 0.3 is 0 Å². The second-order valence-electron chi connectivity index (χ2n) is 5.38. The van der Waals surface area contributed by atoms with E-state index in [0.29, 0.717) is 5.56 Å². The second kappa shape index (κ2) is 5.49. The molecule has 3 unspecified atom stereocenters. The summed E-state index contributed by atoms with van der Waals surface area (Å²) in [5.74, 6) is -1.10. The van der Waals surface area contributed by atoms with E-state index in [1.807, 2.05) is 30.3 Å². The molecule has 0 bridgehead atoms. The first-order valence-electron chi connectivity index (χ1n) is 6.94. The Kier molecular flexibility index (Phi) is 3.53. The van der Waals surface area contributed by atoms with E-state index in [9.17, 15) is 14.4 Å². The predicted molar refractivity (Wildman–Crippen MR) is 77.1 cm³/mol. The van der Waals surface area contributed by atoms with Gasteiger partial charge in [-0.2, -0.15) is 5.26 Å². The molecule has 1 fully saturated rings. The van der Waals surface area contributed by atoms with Gasteiger partial charge in [0.15, 0.2) is 5.78 Å². The Bertz CT molecular complexity index is 687. The molecule has 0 saturated heterocycles. The molecule has 21 heavy (non-hydrogen) atoms. The Balaban J connectivity index is 1.76. The van der Waals surface area contributed by atoms with Crippen molar-refractivity contribution in [2.24, 2.45) is 5.92 Å². The molecule has 2 aromatic carbocycles. The summed E-state index contributed by atoms with van der Waals surface area (Å²) in [6.07, 6.45) is 0.794. The SMILES string of the molecule is N#CC(C(=O)C1CC1c1ccccc1)c1ccc(F)cc1. The molecule has 0 amide bonds. The van der Waals surface area contributed by atoms with Gasteiger partial charge in [0, 0.05) is 5.92 Å². The molecule has 0 aliphatic heterocycles. The van der Waals surface area contributed by atoms with Crippen molar-refractivity contribution >= 4 is 5.78 Å². The van der Waals surface area contributed by atoms with Gasteiger partial charge in [-0.25, -0.2) is 4.39 Å². The highest BCUT2D eigenvalue weighted by molar-refractivity contribution is 5.93. The summed E-state index contributed by atoms with van der Waals surface area (Å²) < 4.78 is 12.9. The molecular formula is C18H14FNO. The van der Waals surface area contributed by atoms with E-state index < -0.39 is 5.92 Å². The third-order valence-corrected chi connectivity index (χ3v) is 4.00. The molecule has 0 heterocycles. The van der Waals surface area contributed by atoms with Gasteiger partial charge in [0.1, 0.15) is 11.7 Å². The molecule has 0 aromatic heterocycles. The van der Waals surface area contributed by atoms with Crippen LogP contribution in [0.25, 0.3) is 0 Å². The molecule has 1 aliphatic carbocycles. The lowest BCUT2D eigenvalue weighted by Gasteiger charge is -2.08. The van der Waals surface area contributed by atoms with Crippen molar-refractivity contribution in [2.75, 3.05) is 0 Å². The molecule has 2 aromatic rings. The zero-order chi connectivity index (χ0) is 14.8. The van der Waals surface area contributed by atoms with Crippen molar-refractivity contribution in [2.45, 2.75) is 18.3 Å². The van der Waals surface area contributed by atoms with Crippen molar-refractivity contribution < 1.29 is 9.18 Å². The molecule has 1 aliphatic rings. The van der Waals surface area contributed by atoms with Gasteiger partial charge in [0.25, 0.3) is 0 Å². The van der Waals surface area contributed by atoms with Crippen LogP contribution in [0, 0.1) is 23.1 Å². The van der Waals surface area contributed by atoms with Crippen LogP contribution in [0.2, 0.25) is 0 Å². The number of halogens is 1. The third kappa shape index (κ3) is 2.71. The van der Waals surface area contributed by atoms with Crippen LogP contribution in [-0.4, -0.2) is 5.78 Å². The molecule has 2 nitrogen and oxygen atoms in total. The highest BCUT2D eigenvalue weighted by Gasteiger charge is 2.46. The molecule has 3 atom stereocenters. The Hall–Kier alpha value is -2.47. The Morgan fingerprint density at radius 3 is 2.43 bits per heavy atom. The van der Waals surface area contributed by atoms with Crippen molar-refractivity contribution in [3.8, 4) is 6.07 Å². The van der Waals surface area contributed by atoms with Crippen LogP contribution in [0.1, 0.15) is 29.4 Å². The lowest BCUT2D eigenvalue weighted by Crippen LogP contribution is -2.13. The monoisotopic (exact) mass is 279 g/mol. The third-order valence-electron chi connectivity index (χ3n) is 4.00. The number of rotatable bonds is 4. The number of nitrogens with zero attached hydrogens (tertiary/aromatic N) is 1. The van der Waals surface area contributed by atoms with E-state index in [1.165, 1.54) is 24.3 Å². The highest BCUT2D eigenvalue weighted by Crippen LogP contribution is 2.49. The molecule has 3 heteroatoms. The largest absolute Gasteiger partial charge is 0.298 e. The fourth-order valence-corrected chi connectivity index (χ4v) is 2.75. The Morgan fingerprint density at radius 1 is 1.14 bits per heavy atom. The van der Waals surface area contributed by atoms with Gasteiger partial charge in [0.2, 0.25) is 0 Å². The van der Waals surface area contributed by atoms with Crippen LogP contribution in [0.15, 0.2) is 54.6 Å². The average molecular weight is 279 g/mol. The predicted octanol–water partition coefficient (Wildman–Crippen LogP) is 3.81. The van der Waals surface area contributed by atoms with Crippen LogP contribution in [0.5, 0.6) is 0 Å². The Morgan fingerprint density at radius 2 is 1.81 bits per heavy atom. The minimum Gasteiger partial charge on any atom is -0.298 e. The number of ketones is 1. The number of hydrogen-bond donors (Lipinski definition) is 0. The van der Waals surface area contributed by atoms with Gasteiger partial charge in [-0.1, -0.05) is 42.5 Å². The van der Waals surface area contributed by atoms with Crippen LogP contribution in [0.3, 0.4) is 0 Å². The summed E-state index contributed by atoms with van der Waals surface area (Å²) in [5, 5.41) is 9.29. The summed E-state index contributed by atoms with van der Waals surface area (Å²) in [6, 6.07) is 17.5. The van der Waals surface area contributed by atoms with Crippen LogP contribution in [0.4, 0.5) is 4.39 Å². The number of nitriles is 1. The summed E-state index contributed by atoms with van der Waals surface area (Å²) in [5.41, 5.74) is 1.72. The van der Waals surface area contributed by atoms with Crippen molar-refractivity contribution in [3.05, 3.63) is 71.5 Å². The topological polar surface area (TPSA) is 40.9 Å². The fourth-order valence-electron chi connectivity index (χ4n) is 2.75. The van der Waals surface area contributed by atoms with Gasteiger partial charge in [-0.15, -0.1) is 0 Å². The summed E-state index contributed by atoms with van der Waals surface area (Å²) in [7, 11) is 0. The lowest BCUT2D eigenvalue weighted by molar-refractivity contribution is -0.120. The van der Waals surface area contributed by atoms with E-state index in [1.54, 1.807) is 0 Å². The zero-order valence-electron chi connectivity index (χ0n) is 11.4. The first-order valence-corrected chi connectivity index (χ1v) is 6.94. The molecule has 3 rings (SSSR count). The summed E-state index contributed by atoms with van der Waals surface area (Å²) >= 11 is 0. The number of carbonyl (C=O) groups is 1. The number of benzene rings is 2. The molecular weight excluding hydrogens is 265 g/mol. The number of hydrogen-bond acceptors (Lipinski definition) is 2. The van der Waals surface area contributed by atoms with E-state index in [-0.39, 0.29) is 23.4 Å². The van der Waals surface area contributed by atoms with Crippen LogP contribution < -0.4 is 0 Å². The maximum absolute atomic E-state index is 12.9. The van der Waals surface area contributed by atoms with Crippen LogP contribution in [-0.2, 0) is 4.79 Å². The standard InChI is InChI=1S/C18H14FNO/c19-14-8-6-13(7-9-14)17(11-20)18(21)16-10-15(16)12-4-2-1-3-5-12/h1-9,15-17H,10H2. The zero-order valence-corrected chi connectivity index (χ0v) is 11.4. The number of carbonyl (C=O) groups excluding carboxylic acids is 1. The first kappa shape index (κ1) is 13.5. The molecule has 104 valence electrons. The summed E-state index contributed by atoms with van der Waals surface area (Å²) in [4.78, 5) is 12.5. The van der Waals surface area contributed by atoms with E-state index in [2.05, 4.69) is 6.07 Å². The van der Waals surface area contributed by atoms with E-state index >= 15 is 0 Å². The Labute approximate surface area is 122 Å². The smallest absolute Gasteiger partial charge is 0.158 e. The average Bonchev–Trinajstić information content (AvgIpc) is 3.31. The highest BCUT2D eigenvalue weighted by atomic mass is 19.1. The molecule has 1 saturated carbocycles. The van der Waals surface area contributed by atoms with Gasteiger partial charge in [-0.3, -0.25) is 4.79 Å². The van der Waals surface area contributed by atoms with Crippen LogP contribution >= 0.6 is 0 Å². The minimum absolute atomic E-state index is 0.0574. The van der Waals surface area contributed by atoms with Gasteiger partial charge < -0.3 is 0 Å². The van der Waals surface area contributed by atoms with Crippen molar-refractivity contribution in [1.82, 2.24) is 0 Å². The normalized spacial score (nSPS) is 21.3. The fraction of sp³-hybridized carbons (Fsp3) is 0.222. The molecule has 0 radical (unpaired) electrons. The second-order valence-corrected chi connectivity index (χ2v) is 5.38. The lowest BCUT2D eigenvalue weighted by atomic mass is 9.92. The van der Waals surface area contributed by atoms with Gasteiger partial charge in [0.05, 0.1) is 6.07 Å². The first-order chi connectivity index (χ1) is 10.2. The van der Waals surface area contributed by atoms with Crippen molar-refractivity contribution in [3.63, 3.8) is 0 Å². The van der Waals surface area contributed by atoms with E-state index in [0.717, 1.165) is 12.0 Å². The maximum Gasteiger partial charge on any atom is 0.158 e. The molecule has 0 spiro atoms. The van der Waals surface area contributed by atoms with Crippen molar-refractivity contribution in [1.29, 1.82) is 5.26 Å². The maximum atomic E-state index is 12.9. The molecule has 0 N–H and O–H groups in total.